The van der Waals surface area contributed by atoms with Crippen molar-refractivity contribution in [3.05, 3.63) is 46.3 Å². The number of carboxylic acid groups (broad SMARTS) is 1. The van der Waals surface area contributed by atoms with Crippen molar-refractivity contribution in [1.29, 1.82) is 0 Å². The Bertz CT molecular complexity index is 569. The first-order chi connectivity index (χ1) is 10.1. The molecule has 2 atom stereocenters. The molecule has 1 heterocycles. The molecule has 1 N–H and O–H groups in total. The van der Waals surface area contributed by atoms with Gasteiger partial charge in [0.05, 0.1) is 0 Å². The summed E-state index contributed by atoms with van der Waals surface area (Å²) in [6.45, 7) is 0.540. The van der Waals surface area contributed by atoms with E-state index >= 15 is 0 Å². The fourth-order valence-electron chi connectivity index (χ4n) is 2.55. The van der Waals surface area contributed by atoms with Crippen molar-refractivity contribution >= 4 is 11.9 Å². The molecule has 1 aliphatic rings. The van der Waals surface area contributed by atoms with E-state index in [2.05, 4.69) is 10.0 Å². The molecule has 1 amide bonds. The average Bonchev–Trinajstić information content (AvgIpc) is 2.84. The van der Waals surface area contributed by atoms with Crippen molar-refractivity contribution in [2.45, 2.75) is 18.9 Å². The van der Waals surface area contributed by atoms with Crippen molar-refractivity contribution in [2.75, 3.05) is 13.1 Å². The number of hydrogen-bond acceptors (Lipinski definition) is 3. The van der Waals surface area contributed by atoms with Crippen LogP contribution in [0.2, 0.25) is 0 Å². The molecular formula is C14H16N4O3. The molecule has 1 saturated heterocycles. The highest BCUT2D eigenvalue weighted by Gasteiger charge is 2.37. The van der Waals surface area contributed by atoms with Gasteiger partial charge >= 0.3 is 5.97 Å². The molecule has 0 aromatic heterocycles. The van der Waals surface area contributed by atoms with Crippen LogP contribution in [-0.4, -0.2) is 41.0 Å². The Labute approximate surface area is 121 Å². The van der Waals surface area contributed by atoms with Gasteiger partial charge in [-0.25, -0.2) is 4.79 Å². The average molecular weight is 288 g/mol. The minimum atomic E-state index is -1.02. The maximum atomic E-state index is 12.0. The SMILES string of the molecule is [N-]=[N+]=NCC1CC(=O)N(C(Cc2ccccc2)C(=O)O)C1. The topological polar surface area (TPSA) is 106 Å². The largest absolute Gasteiger partial charge is 0.480 e. The lowest BCUT2D eigenvalue weighted by molar-refractivity contribution is -0.148. The fourth-order valence-corrected chi connectivity index (χ4v) is 2.55. The Kier molecular flexibility index (Phi) is 4.79. The predicted molar refractivity (Wildman–Crippen MR) is 75.4 cm³/mol. The Morgan fingerprint density at radius 1 is 1.48 bits per heavy atom. The van der Waals surface area contributed by atoms with Gasteiger partial charge in [-0.1, -0.05) is 35.4 Å². The number of aliphatic carboxylic acids is 1. The van der Waals surface area contributed by atoms with Crippen LogP contribution in [0.4, 0.5) is 0 Å². The number of likely N-dealkylation sites (tertiary alicyclic amines) is 1. The first-order valence-corrected chi connectivity index (χ1v) is 6.69. The van der Waals surface area contributed by atoms with Crippen LogP contribution >= 0.6 is 0 Å². The standard InChI is InChI=1S/C14H16N4O3/c15-17-16-8-11-7-13(19)18(9-11)12(14(20)21)6-10-4-2-1-3-5-10/h1-5,11-12H,6-9H2,(H,20,21). The van der Waals surface area contributed by atoms with E-state index in [0.717, 1.165) is 5.56 Å². The second kappa shape index (κ2) is 6.76. The number of carbonyl (C=O) groups is 2. The van der Waals surface area contributed by atoms with Gasteiger partial charge in [-0.3, -0.25) is 4.79 Å². The highest BCUT2D eigenvalue weighted by atomic mass is 16.4. The van der Waals surface area contributed by atoms with Crippen molar-refractivity contribution in [3.8, 4) is 0 Å². The molecule has 21 heavy (non-hydrogen) atoms. The summed E-state index contributed by atoms with van der Waals surface area (Å²) in [5, 5.41) is 12.9. The van der Waals surface area contributed by atoms with Crippen molar-refractivity contribution < 1.29 is 14.7 Å². The molecule has 7 heteroatoms. The zero-order valence-electron chi connectivity index (χ0n) is 11.4. The maximum Gasteiger partial charge on any atom is 0.326 e. The van der Waals surface area contributed by atoms with Crippen LogP contribution in [0.5, 0.6) is 0 Å². The van der Waals surface area contributed by atoms with Crippen LogP contribution in [0.3, 0.4) is 0 Å². The summed E-state index contributed by atoms with van der Waals surface area (Å²) in [7, 11) is 0. The smallest absolute Gasteiger partial charge is 0.326 e. The molecule has 0 spiro atoms. The van der Waals surface area contributed by atoms with Gasteiger partial charge in [0.25, 0.3) is 0 Å². The normalized spacial score (nSPS) is 19.1. The minimum Gasteiger partial charge on any atom is -0.480 e. The van der Waals surface area contributed by atoms with E-state index in [1.807, 2.05) is 30.3 Å². The van der Waals surface area contributed by atoms with Gasteiger partial charge in [0.2, 0.25) is 5.91 Å². The van der Waals surface area contributed by atoms with Crippen LogP contribution in [0.1, 0.15) is 12.0 Å². The predicted octanol–water partition coefficient (Wildman–Crippen LogP) is 1.84. The summed E-state index contributed by atoms with van der Waals surface area (Å²) in [5.41, 5.74) is 9.19. The van der Waals surface area contributed by atoms with Gasteiger partial charge in [-0.15, -0.1) is 0 Å². The van der Waals surface area contributed by atoms with Crippen molar-refractivity contribution in [2.24, 2.45) is 11.0 Å². The highest BCUT2D eigenvalue weighted by Crippen LogP contribution is 2.22. The lowest BCUT2D eigenvalue weighted by Crippen LogP contribution is -2.43. The van der Waals surface area contributed by atoms with Crippen LogP contribution in [-0.2, 0) is 16.0 Å². The van der Waals surface area contributed by atoms with Gasteiger partial charge in [0.1, 0.15) is 6.04 Å². The fraction of sp³-hybridized carbons (Fsp3) is 0.429. The Balaban J connectivity index is 2.10. The van der Waals surface area contributed by atoms with E-state index in [4.69, 9.17) is 5.53 Å². The van der Waals surface area contributed by atoms with Gasteiger partial charge < -0.3 is 10.0 Å². The number of carbonyl (C=O) groups excluding carboxylic acids is 1. The maximum absolute atomic E-state index is 12.0. The first kappa shape index (κ1) is 14.9. The lowest BCUT2D eigenvalue weighted by atomic mass is 10.0. The minimum absolute atomic E-state index is 0.106. The van der Waals surface area contributed by atoms with E-state index in [1.165, 1.54) is 4.90 Å². The Hall–Kier alpha value is -2.53. The van der Waals surface area contributed by atoms with Gasteiger partial charge in [-0.05, 0) is 17.0 Å². The third-order valence-corrected chi connectivity index (χ3v) is 3.57. The van der Waals surface area contributed by atoms with Crippen molar-refractivity contribution in [1.82, 2.24) is 4.90 Å². The number of nitrogens with zero attached hydrogens (tertiary/aromatic N) is 4. The molecule has 2 rings (SSSR count). The summed E-state index contributed by atoms with van der Waals surface area (Å²) in [6, 6.07) is 8.34. The van der Waals surface area contributed by atoms with E-state index in [9.17, 15) is 14.7 Å². The number of benzene rings is 1. The van der Waals surface area contributed by atoms with Gasteiger partial charge in [-0.2, -0.15) is 0 Å². The molecule has 1 aliphatic heterocycles. The molecule has 1 fully saturated rings. The zero-order valence-corrected chi connectivity index (χ0v) is 11.4. The summed E-state index contributed by atoms with van der Waals surface area (Å²) >= 11 is 0. The van der Waals surface area contributed by atoms with E-state index in [-0.39, 0.29) is 31.2 Å². The van der Waals surface area contributed by atoms with E-state index in [0.29, 0.717) is 6.54 Å². The first-order valence-electron chi connectivity index (χ1n) is 6.69. The third kappa shape index (κ3) is 3.73. The third-order valence-electron chi connectivity index (χ3n) is 3.57. The van der Waals surface area contributed by atoms with Crippen molar-refractivity contribution in [3.63, 3.8) is 0 Å². The number of azide groups is 1. The molecule has 0 aliphatic carbocycles. The molecule has 2 unspecified atom stereocenters. The van der Waals surface area contributed by atoms with Gasteiger partial charge in [0.15, 0.2) is 0 Å². The quantitative estimate of drug-likeness (QED) is 0.490. The second-order valence-corrected chi connectivity index (χ2v) is 5.07. The highest BCUT2D eigenvalue weighted by molar-refractivity contribution is 5.85. The molecule has 110 valence electrons. The van der Waals surface area contributed by atoms with Crippen LogP contribution in [0, 0.1) is 5.92 Å². The number of amides is 1. The summed E-state index contributed by atoms with van der Waals surface area (Å²) in [6.07, 6.45) is 0.508. The number of hydrogen-bond donors (Lipinski definition) is 1. The second-order valence-electron chi connectivity index (χ2n) is 5.07. The molecule has 1 aromatic carbocycles. The molecule has 0 bridgehead atoms. The van der Waals surface area contributed by atoms with Crippen LogP contribution in [0.15, 0.2) is 35.4 Å². The van der Waals surface area contributed by atoms with Gasteiger partial charge in [0, 0.05) is 30.8 Å². The summed E-state index contributed by atoms with van der Waals surface area (Å²) in [4.78, 5) is 27.6. The summed E-state index contributed by atoms with van der Waals surface area (Å²) < 4.78 is 0. The van der Waals surface area contributed by atoms with Crippen LogP contribution < -0.4 is 0 Å². The monoisotopic (exact) mass is 288 g/mol. The number of carboxylic acids is 1. The molecular weight excluding hydrogens is 272 g/mol. The zero-order chi connectivity index (χ0) is 15.2. The molecule has 7 nitrogen and oxygen atoms in total. The number of rotatable bonds is 6. The van der Waals surface area contributed by atoms with Crippen LogP contribution in [0.25, 0.3) is 10.4 Å². The molecule has 0 saturated carbocycles. The molecule has 1 aromatic rings. The van der Waals surface area contributed by atoms with E-state index in [1.54, 1.807) is 0 Å². The van der Waals surface area contributed by atoms with E-state index < -0.39 is 12.0 Å². The Morgan fingerprint density at radius 3 is 2.81 bits per heavy atom. The summed E-state index contributed by atoms with van der Waals surface area (Å²) in [5.74, 6) is -1.32. The lowest BCUT2D eigenvalue weighted by Gasteiger charge is -2.24. The molecule has 0 radical (unpaired) electrons. The Morgan fingerprint density at radius 2 is 2.19 bits per heavy atom.